The van der Waals surface area contributed by atoms with Crippen LogP contribution in [0.5, 0.6) is 0 Å². The normalized spacial score (nSPS) is 17.5. The summed E-state index contributed by atoms with van der Waals surface area (Å²) in [5, 5.41) is 2.80. The molecular formula is C25H31N3O5S. The van der Waals surface area contributed by atoms with Crippen LogP contribution >= 0.6 is 0 Å². The van der Waals surface area contributed by atoms with Crippen molar-refractivity contribution in [2.45, 2.75) is 43.0 Å². The van der Waals surface area contributed by atoms with Gasteiger partial charge in [0.2, 0.25) is 10.0 Å². The first-order valence-electron chi connectivity index (χ1n) is 11.7. The zero-order valence-electron chi connectivity index (χ0n) is 19.4. The fourth-order valence-electron chi connectivity index (χ4n) is 4.50. The summed E-state index contributed by atoms with van der Waals surface area (Å²) in [7, 11) is -2.00. The summed E-state index contributed by atoms with van der Waals surface area (Å²) >= 11 is 0. The Morgan fingerprint density at radius 1 is 0.971 bits per heavy atom. The average molecular weight is 486 g/mol. The number of amides is 2. The van der Waals surface area contributed by atoms with E-state index >= 15 is 0 Å². The fourth-order valence-corrected chi connectivity index (χ4v) is 5.91. The molecule has 1 heterocycles. The molecule has 0 radical (unpaired) electrons. The Balaban J connectivity index is 1.47. The molecule has 0 unspecified atom stereocenters. The first-order valence-corrected chi connectivity index (χ1v) is 13.2. The standard InChI is InChI=1S/C25H31N3O5S/c1-27(20-7-3-2-4-8-20)34(31,32)21-13-11-19(12-14-21)24(29)26-23-10-6-5-9-22(23)25(30)28-15-17-33-18-16-28/h5-6,9-14,20H,2-4,7-8,15-18H2,1H3,(H,26,29). The number of para-hydroxylation sites is 1. The third-order valence-corrected chi connectivity index (χ3v) is 8.51. The van der Waals surface area contributed by atoms with Gasteiger partial charge in [0, 0.05) is 31.7 Å². The second kappa shape index (κ2) is 10.7. The monoisotopic (exact) mass is 485 g/mol. The minimum Gasteiger partial charge on any atom is -0.378 e. The smallest absolute Gasteiger partial charge is 0.256 e. The van der Waals surface area contributed by atoms with Crippen molar-refractivity contribution in [2.75, 3.05) is 38.7 Å². The Labute approximate surface area is 200 Å². The second-order valence-corrected chi connectivity index (χ2v) is 10.7. The lowest BCUT2D eigenvalue weighted by atomic mass is 9.96. The van der Waals surface area contributed by atoms with Gasteiger partial charge in [-0.3, -0.25) is 9.59 Å². The third-order valence-electron chi connectivity index (χ3n) is 6.59. The molecule has 0 spiro atoms. The van der Waals surface area contributed by atoms with E-state index in [1.165, 1.54) is 28.6 Å². The van der Waals surface area contributed by atoms with E-state index in [0.717, 1.165) is 32.1 Å². The van der Waals surface area contributed by atoms with Crippen LogP contribution in [0.15, 0.2) is 53.4 Å². The van der Waals surface area contributed by atoms with Gasteiger partial charge in [-0.2, -0.15) is 4.31 Å². The van der Waals surface area contributed by atoms with Crippen molar-refractivity contribution in [3.05, 3.63) is 59.7 Å². The highest BCUT2D eigenvalue weighted by Crippen LogP contribution is 2.27. The van der Waals surface area contributed by atoms with Gasteiger partial charge in [0.1, 0.15) is 0 Å². The first-order chi connectivity index (χ1) is 16.4. The number of sulfonamides is 1. The van der Waals surface area contributed by atoms with Gasteiger partial charge in [0.25, 0.3) is 11.8 Å². The fraction of sp³-hybridized carbons (Fsp3) is 0.440. The zero-order valence-corrected chi connectivity index (χ0v) is 20.2. The van der Waals surface area contributed by atoms with Crippen molar-refractivity contribution < 1.29 is 22.7 Å². The van der Waals surface area contributed by atoms with Gasteiger partial charge in [0.15, 0.2) is 0 Å². The molecule has 182 valence electrons. The maximum atomic E-state index is 13.0. The number of ether oxygens (including phenoxy) is 1. The van der Waals surface area contributed by atoms with Crippen LogP contribution in [0.2, 0.25) is 0 Å². The molecule has 1 aliphatic heterocycles. The number of hydrogen-bond donors (Lipinski definition) is 1. The van der Waals surface area contributed by atoms with Crippen molar-refractivity contribution in [1.29, 1.82) is 0 Å². The molecule has 0 bridgehead atoms. The van der Waals surface area contributed by atoms with Crippen molar-refractivity contribution >= 4 is 27.5 Å². The number of rotatable bonds is 6. The Morgan fingerprint density at radius 3 is 2.29 bits per heavy atom. The van der Waals surface area contributed by atoms with Gasteiger partial charge in [-0.1, -0.05) is 31.4 Å². The number of nitrogens with zero attached hydrogens (tertiary/aromatic N) is 2. The molecule has 9 heteroatoms. The molecule has 8 nitrogen and oxygen atoms in total. The van der Waals surface area contributed by atoms with Crippen LogP contribution in [0, 0.1) is 0 Å². The van der Waals surface area contributed by atoms with Crippen molar-refractivity contribution in [3.8, 4) is 0 Å². The lowest BCUT2D eigenvalue weighted by Gasteiger charge is -2.30. The Bertz CT molecular complexity index is 1120. The van der Waals surface area contributed by atoms with E-state index in [0.29, 0.717) is 43.1 Å². The van der Waals surface area contributed by atoms with Crippen molar-refractivity contribution in [2.24, 2.45) is 0 Å². The van der Waals surface area contributed by atoms with E-state index in [4.69, 9.17) is 4.74 Å². The van der Waals surface area contributed by atoms with Gasteiger partial charge in [-0.25, -0.2) is 8.42 Å². The first kappa shape index (κ1) is 24.4. The molecule has 4 rings (SSSR count). The Hall–Kier alpha value is -2.75. The van der Waals surface area contributed by atoms with E-state index in [1.807, 2.05) is 0 Å². The van der Waals surface area contributed by atoms with E-state index in [-0.39, 0.29) is 16.8 Å². The van der Waals surface area contributed by atoms with Crippen molar-refractivity contribution in [3.63, 3.8) is 0 Å². The maximum absolute atomic E-state index is 13.0. The van der Waals surface area contributed by atoms with E-state index < -0.39 is 15.9 Å². The van der Waals surface area contributed by atoms with Gasteiger partial charge >= 0.3 is 0 Å². The van der Waals surface area contributed by atoms with Gasteiger partial charge in [0.05, 0.1) is 29.4 Å². The van der Waals surface area contributed by atoms with Gasteiger partial charge < -0.3 is 15.0 Å². The minimum absolute atomic E-state index is 0.0160. The molecule has 2 aromatic rings. The highest BCUT2D eigenvalue weighted by atomic mass is 32.2. The van der Waals surface area contributed by atoms with E-state index in [1.54, 1.807) is 36.2 Å². The summed E-state index contributed by atoms with van der Waals surface area (Å²) in [6.45, 7) is 2.00. The molecule has 2 fully saturated rings. The van der Waals surface area contributed by atoms with Crippen LogP contribution in [0.25, 0.3) is 0 Å². The van der Waals surface area contributed by atoms with Crippen LogP contribution in [-0.4, -0.2) is 68.8 Å². The van der Waals surface area contributed by atoms with Crippen LogP contribution in [-0.2, 0) is 14.8 Å². The highest BCUT2D eigenvalue weighted by molar-refractivity contribution is 7.89. The predicted octanol–water partition coefficient (Wildman–Crippen LogP) is 3.36. The summed E-state index contributed by atoms with van der Waals surface area (Å²) in [6.07, 6.45) is 4.98. The predicted molar refractivity (Wildman–Crippen MR) is 129 cm³/mol. The number of nitrogens with one attached hydrogen (secondary N) is 1. The van der Waals surface area contributed by atoms with Gasteiger partial charge in [-0.15, -0.1) is 0 Å². The highest BCUT2D eigenvalue weighted by Gasteiger charge is 2.29. The number of carbonyl (C=O) groups is 2. The summed E-state index contributed by atoms with van der Waals surface area (Å²) in [4.78, 5) is 27.7. The number of benzene rings is 2. The van der Waals surface area contributed by atoms with Crippen LogP contribution in [0.3, 0.4) is 0 Å². The molecule has 2 amide bonds. The topological polar surface area (TPSA) is 96.0 Å². The third kappa shape index (κ3) is 5.32. The molecule has 34 heavy (non-hydrogen) atoms. The second-order valence-electron chi connectivity index (χ2n) is 8.74. The summed E-state index contributed by atoms with van der Waals surface area (Å²) < 4.78 is 32.9. The minimum atomic E-state index is -3.63. The number of morpholine rings is 1. The molecule has 0 aromatic heterocycles. The Kier molecular flexibility index (Phi) is 7.65. The SMILES string of the molecule is CN(C1CCCCC1)S(=O)(=O)c1ccc(C(=O)Nc2ccccc2C(=O)N2CCOCC2)cc1. The number of carbonyl (C=O) groups excluding carboxylic acids is 2. The Morgan fingerprint density at radius 2 is 1.62 bits per heavy atom. The van der Waals surface area contributed by atoms with E-state index in [9.17, 15) is 18.0 Å². The summed E-state index contributed by atoms with van der Waals surface area (Å²) in [5.41, 5.74) is 1.14. The van der Waals surface area contributed by atoms with Crippen LogP contribution in [0.4, 0.5) is 5.69 Å². The summed E-state index contributed by atoms with van der Waals surface area (Å²) in [5.74, 6) is -0.571. The molecule has 1 N–H and O–H groups in total. The van der Waals surface area contributed by atoms with Gasteiger partial charge in [-0.05, 0) is 49.2 Å². The lowest BCUT2D eigenvalue weighted by molar-refractivity contribution is 0.0303. The molecule has 1 aliphatic carbocycles. The maximum Gasteiger partial charge on any atom is 0.256 e. The molecule has 0 atom stereocenters. The summed E-state index contributed by atoms with van der Waals surface area (Å²) in [6, 6.07) is 12.8. The molecule has 2 aromatic carbocycles. The van der Waals surface area contributed by atoms with Crippen molar-refractivity contribution in [1.82, 2.24) is 9.21 Å². The lowest BCUT2D eigenvalue weighted by Crippen LogP contribution is -2.41. The zero-order chi connectivity index (χ0) is 24.1. The molecular weight excluding hydrogens is 454 g/mol. The largest absolute Gasteiger partial charge is 0.378 e. The number of anilines is 1. The number of hydrogen-bond acceptors (Lipinski definition) is 5. The van der Waals surface area contributed by atoms with Crippen LogP contribution < -0.4 is 5.32 Å². The quantitative estimate of drug-likeness (QED) is 0.677. The van der Waals surface area contributed by atoms with E-state index in [2.05, 4.69) is 5.32 Å². The van der Waals surface area contributed by atoms with Crippen LogP contribution in [0.1, 0.15) is 52.8 Å². The molecule has 1 saturated heterocycles. The average Bonchev–Trinajstić information content (AvgIpc) is 2.89. The molecule has 2 aliphatic rings. The molecule has 1 saturated carbocycles.